The Labute approximate surface area is 131 Å². The van der Waals surface area contributed by atoms with Crippen LogP contribution < -0.4 is 5.32 Å². The molecule has 2 heterocycles. The molecule has 2 aromatic rings. The molecule has 114 valence electrons. The Hall–Kier alpha value is -2.07. The van der Waals surface area contributed by atoms with Crippen molar-refractivity contribution in [3.63, 3.8) is 0 Å². The lowest BCUT2D eigenvalue weighted by molar-refractivity contribution is 0.103. The fraction of sp³-hybridized carbons (Fsp3) is 0.389. The Kier molecular flexibility index (Phi) is 4.91. The van der Waals surface area contributed by atoms with Gasteiger partial charge in [0.2, 0.25) is 5.78 Å². The number of hydrogen-bond acceptors (Lipinski definition) is 4. The molecule has 22 heavy (non-hydrogen) atoms. The summed E-state index contributed by atoms with van der Waals surface area (Å²) in [5.41, 5.74) is 1.98. The lowest BCUT2D eigenvalue weighted by atomic mass is 9.95. The molecule has 1 fully saturated rings. The largest absolute Gasteiger partial charge is 0.308 e. The first-order chi connectivity index (χ1) is 10.8. The summed E-state index contributed by atoms with van der Waals surface area (Å²) in [7, 11) is 0. The smallest absolute Gasteiger partial charge is 0.212 e. The molecule has 1 aliphatic rings. The number of carbonyl (C=O) groups excluding carboxylic acids is 1. The normalized spacial score (nSPS) is 15.6. The van der Waals surface area contributed by atoms with Crippen molar-refractivity contribution in [3.05, 3.63) is 59.7 Å². The predicted octanol–water partition coefficient (Wildman–Crippen LogP) is 3.13. The summed E-state index contributed by atoms with van der Waals surface area (Å²) in [6.45, 7) is 0.721. The van der Waals surface area contributed by atoms with Crippen LogP contribution in [0, 0.1) is 0 Å². The topological polar surface area (TPSA) is 54.9 Å². The van der Waals surface area contributed by atoms with Crippen LogP contribution in [0.3, 0.4) is 0 Å². The van der Waals surface area contributed by atoms with Gasteiger partial charge in [-0.3, -0.25) is 9.78 Å². The summed E-state index contributed by atoms with van der Waals surface area (Å²) in [5, 5.41) is 3.56. The van der Waals surface area contributed by atoms with E-state index in [4.69, 9.17) is 0 Å². The van der Waals surface area contributed by atoms with E-state index in [0.29, 0.717) is 17.3 Å². The Morgan fingerprint density at radius 1 is 1.14 bits per heavy atom. The maximum absolute atomic E-state index is 12.4. The van der Waals surface area contributed by atoms with E-state index in [0.717, 1.165) is 12.2 Å². The molecule has 0 bridgehead atoms. The van der Waals surface area contributed by atoms with Crippen LogP contribution in [0.1, 0.15) is 53.8 Å². The molecule has 4 heteroatoms. The fourth-order valence-corrected chi connectivity index (χ4v) is 2.91. The number of hydrogen-bond donors (Lipinski definition) is 1. The Morgan fingerprint density at radius 2 is 2.00 bits per heavy atom. The van der Waals surface area contributed by atoms with Crippen LogP contribution in [-0.4, -0.2) is 21.8 Å². The second kappa shape index (κ2) is 7.27. The van der Waals surface area contributed by atoms with Crippen molar-refractivity contribution >= 4 is 5.78 Å². The predicted molar refractivity (Wildman–Crippen MR) is 85.6 cm³/mol. The standard InChI is InChI=1S/C18H21N3O/c22-18(14-6-5-11-19-12-14)17-10-4-9-16(21-17)13-20-15-7-2-1-3-8-15/h4-6,9-12,15,20H,1-3,7-8,13H2. The van der Waals surface area contributed by atoms with Crippen LogP contribution in [0.5, 0.6) is 0 Å². The summed E-state index contributed by atoms with van der Waals surface area (Å²) >= 11 is 0. The van der Waals surface area contributed by atoms with Gasteiger partial charge in [0.05, 0.1) is 5.69 Å². The van der Waals surface area contributed by atoms with Crippen molar-refractivity contribution in [3.8, 4) is 0 Å². The van der Waals surface area contributed by atoms with Gasteiger partial charge in [-0.05, 0) is 37.1 Å². The average Bonchev–Trinajstić information content (AvgIpc) is 2.61. The molecule has 0 radical (unpaired) electrons. The van der Waals surface area contributed by atoms with Gasteiger partial charge in [-0.2, -0.15) is 0 Å². The molecule has 4 nitrogen and oxygen atoms in total. The van der Waals surface area contributed by atoms with Gasteiger partial charge in [0, 0.05) is 30.5 Å². The minimum atomic E-state index is -0.0763. The number of aromatic nitrogens is 2. The molecular weight excluding hydrogens is 274 g/mol. The van der Waals surface area contributed by atoms with Gasteiger partial charge < -0.3 is 5.32 Å². The zero-order valence-corrected chi connectivity index (χ0v) is 12.7. The van der Waals surface area contributed by atoms with Gasteiger partial charge in [0.15, 0.2) is 0 Å². The van der Waals surface area contributed by atoms with Crippen molar-refractivity contribution in [1.82, 2.24) is 15.3 Å². The van der Waals surface area contributed by atoms with Crippen molar-refractivity contribution in [2.45, 2.75) is 44.7 Å². The molecule has 0 aliphatic heterocycles. The summed E-state index contributed by atoms with van der Waals surface area (Å²) < 4.78 is 0. The Bertz CT molecular complexity index is 621. The van der Waals surface area contributed by atoms with E-state index in [1.807, 2.05) is 12.1 Å². The average molecular weight is 295 g/mol. The van der Waals surface area contributed by atoms with Gasteiger partial charge in [-0.15, -0.1) is 0 Å². The lowest BCUT2D eigenvalue weighted by Crippen LogP contribution is -2.30. The second-order valence-electron chi connectivity index (χ2n) is 5.80. The van der Waals surface area contributed by atoms with E-state index in [2.05, 4.69) is 15.3 Å². The second-order valence-corrected chi connectivity index (χ2v) is 5.80. The molecule has 1 N–H and O–H groups in total. The van der Waals surface area contributed by atoms with Crippen LogP contribution in [0.4, 0.5) is 0 Å². The molecule has 0 amide bonds. The third kappa shape index (κ3) is 3.77. The Morgan fingerprint density at radius 3 is 2.77 bits per heavy atom. The van der Waals surface area contributed by atoms with Crippen LogP contribution in [0.25, 0.3) is 0 Å². The third-order valence-electron chi connectivity index (χ3n) is 4.14. The highest BCUT2D eigenvalue weighted by Crippen LogP contribution is 2.17. The lowest BCUT2D eigenvalue weighted by Gasteiger charge is -2.22. The summed E-state index contributed by atoms with van der Waals surface area (Å²) in [6.07, 6.45) is 9.70. The van der Waals surface area contributed by atoms with Crippen LogP contribution in [-0.2, 0) is 6.54 Å². The molecule has 1 aliphatic carbocycles. The van der Waals surface area contributed by atoms with Crippen LogP contribution >= 0.6 is 0 Å². The van der Waals surface area contributed by atoms with Crippen molar-refractivity contribution in [2.75, 3.05) is 0 Å². The minimum absolute atomic E-state index is 0.0763. The first-order valence-corrected chi connectivity index (χ1v) is 7.97. The quantitative estimate of drug-likeness (QED) is 0.861. The number of rotatable bonds is 5. The van der Waals surface area contributed by atoms with E-state index in [-0.39, 0.29) is 5.78 Å². The third-order valence-corrected chi connectivity index (χ3v) is 4.14. The van der Waals surface area contributed by atoms with Crippen molar-refractivity contribution < 1.29 is 4.79 Å². The number of nitrogens with zero attached hydrogens (tertiary/aromatic N) is 2. The van der Waals surface area contributed by atoms with Gasteiger partial charge in [-0.1, -0.05) is 25.3 Å². The van der Waals surface area contributed by atoms with Gasteiger partial charge in [0.25, 0.3) is 0 Å². The molecule has 0 unspecified atom stereocenters. The van der Waals surface area contributed by atoms with E-state index in [1.165, 1.54) is 32.1 Å². The molecular formula is C18H21N3O. The van der Waals surface area contributed by atoms with Gasteiger partial charge in [-0.25, -0.2) is 4.98 Å². The van der Waals surface area contributed by atoms with E-state index in [1.54, 1.807) is 30.6 Å². The van der Waals surface area contributed by atoms with Crippen LogP contribution in [0.2, 0.25) is 0 Å². The zero-order valence-electron chi connectivity index (χ0n) is 12.7. The molecule has 0 spiro atoms. The highest BCUT2D eigenvalue weighted by atomic mass is 16.1. The molecule has 2 aromatic heterocycles. The van der Waals surface area contributed by atoms with Crippen molar-refractivity contribution in [2.24, 2.45) is 0 Å². The first-order valence-electron chi connectivity index (χ1n) is 7.97. The Balaban J connectivity index is 1.66. The summed E-state index contributed by atoms with van der Waals surface area (Å²) in [6, 6.07) is 9.75. The molecule has 0 aromatic carbocycles. The monoisotopic (exact) mass is 295 g/mol. The minimum Gasteiger partial charge on any atom is -0.308 e. The van der Waals surface area contributed by atoms with E-state index in [9.17, 15) is 4.79 Å². The van der Waals surface area contributed by atoms with Gasteiger partial charge in [0.1, 0.15) is 5.69 Å². The maximum Gasteiger partial charge on any atom is 0.212 e. The van der Waals surface area contributed by atoms with Gasteiger partial charge >= 0.3 is 0 Å². The van der Waals surface area contributed by atoms with E-state index >= 15 is 0 Å². The first kappa shape index (κ1) is 14.9. The highest BCUT2D eigenvalue weighted by Gasteiger charge is 2.14. The number of pyridine rings is 2. The summed E-state index contributed by atoms with van der Waals surface area (Å²) in [5.74, 6) is -0.0763. The molecule has 1 saturated carbocycles. The summed E-state index contributed by atoms with van der Waals surface area (Å²) in [4.78, 5) is 20.9. The number of nitrogens with one attached hydrogen (secondary N) is 1. The zero-order chi connectivity index (χ0) is 15.2. The maximum atomic E-state index is 12.4. The number of ketones is 1. The van der Waals surface area contributed by atoms with E-state index < -0.39 is 0 Å². The van der Waals surface area contributed by atoms with Crippen LogP contribution in [0.15, 0.2) is 42.7 Å². The highest BCUT2D eigenvalue weighted by molar-refractivity contribution is 6.07. The molecule has 3 rings (SSSR count). The number of carbonyl (C=O) groups is 1. The SMILES string of the molecule is O=C(c1cccnc1)c1cccc(CNC2CCCCC2)n1. The fourth-order valence-electron chi connectivity index (χ4n) is 2.91. The van der Waals surface area contributed by atoms with Crippen molar-refractivity contribution in [1.29, 1.82) is 0 Å². The molecule has 0 saturated heterocycles. The molecule has 0 atom stereocenters.